The highest BCUT2D eigenvalue weighted by molar-refractivity contribution is 7.92. The first-order chi connectivity index (χ1) is 7.42. The van der Waals surface area contributed by atoms with Gasteiger partial charge in [-0.1, -0.05) is 17.9 Å². The van der Waals surface area contributed by atoms with E-state index in [1.54, 1.807) is 18.2 Å². The van der Waals surface area contributed by atoms with Crippen molar-refractivity contribution in [2.24, 2.45) is 0 Å². The Labute approximate surface area is 95.4 Å². The Kier molecular flexibility index (Phi) is 3.93. The molecule has 0 amide bonds. The standard InChI is InChI=1S/C11H13NO3S/c1-9-5-6-11(12-16(2,14)15)8-10(9)4-3-7-13/h5-6,8,12-13H,7H2,1-2H3. The number of nitrogens with one attached hydrogen (secondary N) is 1. The number of anilines is 1. The lowest BCUT2D eigenvalue weighted by molar-refractivity contribution is 0.350. The Morgan fingerprint density at radius 3 is 2.69 bits per heavy atom. The van der Waals surface area contributed by atoms with Crippen LogP contribution in [0.5, 0.6) is 0 Å². The van der Waals surface area contributed by atoms with Gasteiger partial charge in [-0.05, 0) is 24.6 Å². The normalized spacial score (nSPS) is 10.4. The molecule has 0 aliphatic rings. The van der Waals surface area contributed by atoms with Gasteiger partial charge in [0.15, 0.2) is 0 Å². The van der Waals surface area contributed by atoms with E-state index in [0.717, 1.165) is 11.8 Å². The average molecular weight is 239 g/mol. The van der Waals surface area contributed by atoms with Crippen LogP contribution in [0.3, 0.4) is 0 Å². The molecule has 16 heavy (non-hydrogen) atoms. The van der Waals surface area contributed by atoms with Crippen LogP contribution in [0.1, 0.15) is 11.1 Å². The number of hydrogen-bond donors (Lipinski definition) is 2. The molecule has 2 N–H and O–H groups in total. The van der Waals surface area contributed by atoms with Crippen LogP contribution < -0.4 is 4.72 Å². The van der Waals surface area contributed by atoms with Crippen LogP contribution in [0.15, 0.2) is 18.2 Å². The van der Waals surface area contributed by atoms with Gasteiger partial charge in [-0.25, -0.2) is 8.42 Å². The summed E-state index contributed by atoms with van der Waals surface area (Å²) in [6.07, 6.45) is 1.09. The second-order valence-corrected chi connectivity index (χ2v) is 5.11. The van der Waals surface area contributed by atoms with Gasteiger partial charge in [0.1, 0.15) is 6.61 Å². The van der Waals surface area contributed by atoms with Gasteiger partial charge in [-0.3, -0.25) is 4.72 Å². The van der Waals surface area contributed by atoms with Gasteiger partial charge in [0.2, 0.25) is 10.0 Å². The first kappa shape index (κ1) is 12.6. The Hall–Kier alpha value is -1.51. The van der Waals surface area contributed by atoms with Gasteiger partial charge in [-0.2, -0.15) is 0 Å². The molecule has 0 fully saturated rings. The fraction of sp³-hybridized carbons (Fsp3) is 0.273. The largest absolute Gasteiger partial charge is 0.384 e. The topological polar surface area (TPSA) is 66.4 Å². The maximum atomic E-state index is 11.0. The first-order valence-electron chi connectivity index (χ1n) is 4.60. The molecule has 86 valence electrons. The van der Waals surface area contributed by atoms with Crippen molar-refractivity contribution in [1.82, 2.24) is 0 Å². The molecule has 0 bridgehead atoms. The summed E-state index contributed by atoms with van der Waals surface area (Å²) in [4.78, 5) is 0. The van der Waals surface area contributed by atoms with Crippen LogP contribution in [0.2, 0.25) is 0 Å². The van der Waals surface area contributed by atoms with Crippen LogP contribution in [0.4, 0.5) is 5.69 Å². The Morgan fingerprint density at radius 2 is 2.12 bits per heavy atom. The first-order valence-corrected chi connectivity index (χ1v) is 6.49. The summed E-state index contributed by atoms with van der Waals surface area (Å²) in [5.41, 5.74) is 2.10. The lowest BCUT2D eigenvalue weighted by atomic mass is 10.1. The van der Waals surface area contributed by atoms with Crippen molar-refractivity contribution in [3.8, 4) is 11.8 Å². The van der Waals surface area contributed by atoms with E-state index in [0.29, 0.717) is 11.3 Å². The molecule has 4 nitrogen and oxygen atoms in total. The summed E-state index contributed by atoms with van der Waals surface area (Å²) in [5, 5.41) is 8.59. The zero-order valence-corrected chi connectivity index (χ0v) is 9.93. The quantitative estimate of drug-likeness (QED) is 0.747. The second-order valence-electron chi connectivity index (χ2n) is 3.36. The van der Waals surface area contributed by atoms with E-state index >= 15 is 0 Å². The second kappa shape index (κ2) is 5.01. The third-order valence-electron chi connectivity index (χ3n) is 1.84. The summed E-state index contributed by atoms with van der Waals surface area (Å²) >= 11 is 0. The van der Waals surface area contributed by atoms with Crippen molar-refractivity contribution in [2.45, 2.75) is 6.92 Å². The predicted molar refractivity (Wildman–Crippen MR) is 63.6 cm³/mol. The molecule has 1 aromatic rings. The van der Waals surface area contributed by atoms with Crippen molar-refractivity contribution in [2.75, 3.05) is 17.6 Å². The summed E-state index contributed by atoms with van der Waals surface area (Å²) in [7, 11) is -3.27. The molecule has 5 heteroatoms. The van der Waals surface area contributed by atoms with E-state index in [9.17, 15) is 8.42 Å². The molecule has 1 rings (SSSR count). The number of aliphatic hydroxyl groups excluding tert-OH is 1. The van der Waals surface area contributed by atoms with E-state index in [2.05, 4.69) is 16.6 Å². The number of sulfonamides is 1. The number of aliphatic hydroxyl groups is 1. The van der Waals surface area contributed by atoms with E-state index in [1.807, 2.05) is 6.92 Å². The third-order valence-corrected chi connectivity index (χ3v) is 2.45. The zero-order valence-electron chi connectivity index (χ0n) is 9.11. The summed E-state index contributed by atoms with van der Waals surface area (Å²) in [6, 6.07) is 5.08. The number of aryl methyl sites for hydroxylation is 1. The van der Waals surface area contributed by atoms with Crippen LogP contribution in [-0.2, 0) is 10.0 Å². The molecule has 0 saturated heterocycles. The van der Waals surface area contributed by atoms with E-state index in [4.69, 9.17) is 5.11 Å². The highest BCUT2D eigenvalue weighted by Gasteiger charge is 2.03. The Balaban J connectivity index is 3.07. The molecule has 0 unspecified atom stereocenters. The van der Waals surface area contributed by atoms with Gasteiger partial charge in [0, 0.05) is 11.3 Å². The Bertz CT molecular complexity index is 538. The molecular formula is C11H13NO3S. The minimum absolute atomic E-state index is 0.219. The maximum absolute atomic E-state index is 11.0. The number of rotatable bonds is 2. The van der Waals surface area contributed by atoms with Gasteiger partial charge in [-0.15, -0.1) is 0 Å². The van der Waals surface area contributed by atoms with Crippen LogP contribution in [0, 0.1) is 18.8 Å². The van der Waals surface area contributed by atoms with Crippen molar-refractivity contribution < 1.29 is 13.5 Å². The SMILES string of the molecule is Cc1ccc(NS(C)(=O)=O)cc1C#CCO. The van der Waals surface area contributed by atoms with Crippen molar-refractivity contribution in [3.63, 3.8) is 0 Å². The molecule has 0 spiro atoms. The fourth-order valence-electron chi connectivity index (χ4n) is 1.17. The number of hydrogen-bond acceptors (Lipinski definition) is 3. The maximum Gasteiger partial charge on any atom is 0.229 e. The van der Waals surface area contributed by atoms with Crippen LogP contribution >= 0.6 is 0 Å². The molecular weight excluding hydrogens is 226 g/mol. The van der Waals surface area contributed by atoms with E-state index in [1.165, 1.54) is 0 Å². The molecule has 0 heterocycles. The van der Waals surface area contributed by atoms with Gasteiger partial charge in [0.25, 0.3) is 0 Å². The van der Waals surface area contributed by atoms with Crippen LogP contribution in [0.25, 0.3) is 0 Å². The smallest absolute Gasteiger partial charge is 0.229 e. The lowest BCUT2D eigenvalue weighted by Crippen LogP contribution is -2.09. The monoisotopic (exact) mass is 239 g/mol. The zero-order chi connectivity index (χ0) is 12.2. The van der Waals surface area contributed by atoms with E-state index < -0.39 is 10.0 Å². The van der Waals surface area contributed by atoms with Crippen LogP contribution in [-0.4, -0.2) is 26.4 Å². The predicted octanol–water partition coefficient (Wildman–Crippen LogP) is 0.710. The van der Waals surface area contributed by atoms with Gasteiger partial charge in [0.05, 0.1) is 6.26 Å². The van der Waals surface area contributed by atoms with Gasteiger partial charge < -0.3 is 5.11 Å². The molecule has 0 aliphatic carbocycles. The molecule has 0 saturated carbocycles. The Morgan fingerprint density at radius 1 is 1.44 bits per heavy atom. The van der Waals surface area contributed by atoms with Crippen molar-refractivity contribution in [3.05, 3.63) is 29.3 Å². The third kappa shape index (κ3) is 3.93. The molecule has 0 atom stereocenters. The molecule has 0 radical (unpaired) electrons. The minimum atomic E-state index is -3.27. The van der Waals surface area contributed by atoms with E-state index in [-0.39, 0.29) is 6.61 Å². The molecule has 1 aromatic carbocycles. The average Bonchev–Trinajstić information content (AvgIpc) is 2.17. The minimum Gasteiger partial charge on any atom is -0.384 e. The highest BCUT2D eigenvalue weighted by atomic mass is 32.2. The lowest BCUT2D eigenvalue weighted by Gasteiger charge is -2.05. The highest BCUT2D eigenvalue weighted by Crippen LogP contribution is 2.15. The molecule has 0 aromatic heterocycles. The summed E-state index contributed by atoms with van der Waals surface area (Å²) in [6.45, 7) is 1.65. The van der Waals surface area contributed by atoms with Gasteiger partial charge >= 0.3 is 0 Å². The molecule has 0 aliphatic heterocycles. The summed E-state index contributed by atoms with van der Waals surface area (Å²) < 4.78 is 24.4. The van der Waals surface area contributed by atoms with Crippen molar-refractivity contribution in [1.29, 1.82) is 0 Å². The fourth-order valence-corrected chi connectivity index (χ4v) is 1.72. The number of benzene rings is 1. The van der Waals surface area contributed by atoms with Crippen molar-refractivity contribution >= 4 is 15.7 Å². The summed E-state index contributed by atoms with van der Waals surface area (Å²) in [5.74, 6) is 5.28.